The number of aliphatic imine (C=N–C) groups is 1. The normalized spacial score (nSPS) is 44.1. The van der Waals surface area contributed by atoms with E-state index < -0.39 is 0 Å². The summed E-state index contributed by atoms with van der Waals surface area (Å²) in [5.41, 5.74) is 0. The van der Waals surface area contributed by atoms with Crippen LogP contribution in [0.25, 0.3) is 0 Å². The Labute approximate surface area is 89.1 Å². The second-order valence-corrected chi connectivity index (χ2v) is 4.53. The van der Waals surface area contributed by atoms with Crippen LogP contribution in [0.2, 0.25) is 0 Å². The number of carbonyl (C=O) groups excluding carboxylic acids is 1. The molecule has 0 aromatic carbocycles. The first-order chi connectivity index (χ1) is 7.24. The average Bonchev–Trinajstić information content (AvgIpc) is 2.61. The van der Waals surface area contributed by atoms with Crippen LogP contribution in [0.3, 0.4) is 0 Å². The highest BCUT2D eigenvalue weighted by Crippen LogP contribution is 2.18. The Balaban J connectivity index is 1.78. The summed E-state index contributed by atoms with van der Waals surface area (Å²) in [6, 6.07) is 0.123. The lowest BCUT2D eigenvalue weighted by Gasteiger charge is -2.47. The van der Waals surface area contributed by atoms with Crippen molar-refractivity contribution in [3.05, 3.63) is 0 Å². The highest BCUT2D eigenvalue weighted by atomic mass is 16.2. The van der Waals surface area contributed by atoms with Crippen molar-refractivity contribution in [3.8, 4) is 0 Å². The number of piperazine rings is 3. The Morgan fingerprint density at radius 3 is 2.53 bits per heavy atom. The van der Waals surface area contributed by atoms with Crippen LogP contribution in [0, 0.1) is 0 Å². The van der Waals surface area contributed by atoms with Gasteiger partial charge in [0.15, 0.2) is 0 Å². The maximum atomic E-state index is 11.4. The summed E-state index contributed by atoms with van der Waals surface area (Å²) in [6.45, 7) is 7.40. The number of fused-ring (bicyclic) bond motifs is 3. The minimum absolute atomic E-state index is 0.0441. The largest absolute Gasteiger partial charge is 0.311 e. The molecule has 4 aliphatic rings. The Hall–Kier alpha value is -0.940. The summed E-state index contributed by atoms with van der Waals surface area (Å²) in [7, 11) is 0. The van der Waals surface area contributed by atoms with Crippen molar-refractivity contribution in [2.45, 2.75) is 19.0 Å². The van der Waals surface area contributed by atoms with E-state index in [9.17, 15) is 4.79 Å². The molecule has 5 heteroatoms. The van der Waals surface area contributed by atoms with Gasteiger partial charge in [-0.05, 0) is 6.92 Å². The van der Waals surface area contributed by atoms with Gasteiger partial charge in [-0.15, -0.1) is 0 Å². The fourth-order valence-corrected chi connectivity index (χ4v) is 2.58. The predicted octanol–water partition coefficient (Wildman–Crippen LogP) is -1.10. The van der Waals surface area contributed by atoms with E-state index in [0.29, 0.717) is 6.04 Å². The third-order valence-electron chi connectivity index (χ3n) is 3.56. The van der Waals surface area contributed by atoms with Gasteiger partial charge in [0.1, 0.15) is 11.9 Å². The van der Waals surface area contributed by atoms with Gasteiger partial charge in [0.2, 0.25) is 5.91 Å². The van der Waals surface area contributed by atoms with E-state index in [-0.39, 0.29) is 11.9 Å². The third-order valence-corrected chi connectivity index (χ3v) is 3.56. The van der Waals surface area contributed by atoms with Crippen molar-refractivity contribution in [2.24, 2.45) is 4.99 Å². The Morgan fingerprint density at radius 2 is 2.07 bits per heavy atom. The Bertz CT molecular complexity index is 319. The molecule has 5 nitrogen and oxygen atoms in total. The van der Waals surface area contributed by atoms with Crippen LogP contribution in [-0.2, 0) is 4.79 Å². The SMILES string of the molecule is CC1N=C(C2CN3CCN2CC3)NC1=O. The van der Waals surface area contributed by atoms with Gasteiger partial charge >= 0.3 is 0 Å². The molecule has 0 aliphatic carbocycles. The number of hydrogen-bond acceptors (Lipinski definition) is 4. The van der Waals surface area contributed by atoms with E-state index in [2.05, 4.69) is 20.1 Å². The summed E-state index contributed by atoms with van der Waals surface area (Å²) in [5, 5.41) is 2.90. The van der Waals surface area contributed by atoms with Crippen molar-refractivity contribution in [3.63, 3.8) is 0 Å². The van der Waals surface area contributed by atoms with E-state index in [0.717, 1.165) is 38.6 Å². The second-order valence-electron chi connectivity index (χ2n) is 4.53. The van der Waals surface area contributed by atoms with E-state index in [1.807, 2.05) is 6.92 Å². The van der Waals surface area contributed by atoms with Gasteiger partial charge in [-0.1, -0.05) is 0 Å². The molecule has 1 N–H and O–H groups in total. The summed E-state index contributed by atoms with van der Waals surface area (Å²) >= 11 is 0. The van der Waals surface area contributed by atoms with Crippen LogP contribution in [0.1, 0.15) is 6.92 Å². The molecule has 0 aromatic rings. The average molecular weight is 208 g/mol. The molecule has 2 bridgehead atoms. The maximum Gasteiger partial charge on any atom is 0.249 e. The number of nitrogens with one attached hydrogen (secondary N) is 1. The van der Waals surface area contributed by atoms with Crippen molar-refractivity contribution < 1.29 is 4.79 Å². The fourth-order valence-electron chi connectivity index (χ4n) is 2.58. The molecule has 4 aliphatic heterocycles. The first-order valence-corrected chi connectivity index (χ1v) is 5.59. The quantitative estimate of drug-likeness (QED) is 0.595. The second kappa shape index (κ2) is 3.28. The number of carbonyl (C=O) groups is 1. The summed E-state index contributed by atoms with van der Waals surface area (Å²) in [6.07, 6.45) is 0. The molecular formula is C10H16N4O. The molecule has 4 rings (SSSR count). The monoisotopic (exact) mass is 208 g/mol. The van der Waals surface area contributed by atoms with Crippen molar-refractivity contribution in [2.75, 3.05) is 32.7 Å². The van der Waals surface area contributed by atoms with E-state index in [1.165, 1.54) is 0 Å². The van der Waals surface area contributed by atoms with Gasteiger partial charge in [-0.25, -0.2) is 0 Å². The smallest absolute Gasteiger partial charge is 0.249 e. The fraction of sp³-hybridized carbons (Fsp3) is 0.800. The molecule has 4 heterocycles. The third kappa shape index (κ3) is 1.46. The molecular weight excluding hydrogens is 192 g/mol. The van der Waals surface area contributed by atoms with Crippen molar-refractivity contribution in [1.29, 1.82) is 0 Å². The number of amides is 1. The Kier molecular flexibility index (Phi) is 2.03. The van der Waals surface area contributed by atoms with Crippen LogP contribution in [0.15, 0.2) is 4.99 Å². The molecule has 3 saturated heterocycles. The molecule has 1 amide bonds. The minimum atomic E-state index is -0.198. The zero-order chi connectivity index (χ0) is 10.4. The first kappa shape index (κ1) is 9.30. The first-order valence-electron chi connectivity index (χ1n) is 5.59. The maximum absolute atomic E-state index is 11.4. The van der Waals surface area contributed by atoms with Crippen LogP contribution >= 0.6 is 0 Å². The van der Waals surface area contributed by atoms with E-state index in [4.69, 9.17) is 0 Å². The van der Waals surface area contributed by atoms with E-state index >= 15 is 0 Å². The lowest BCUT2D eigenvalue weighted by Crippen LogP contribution is -2.64. The standard InChI is InChI=1S/C10H16N4O/c1-7-10(15)12-9(11-7)8-6-13-2-4-14(8)5-3-13/h7-8H,2-6H2,1H3,(H,11,12,15). The van der Waals surface area contributed by atoms with E-state index in [1.54, 1.807) is 0 Å². The molecule has 2 unspecified atom stereocenters. The lowest BCUT2D eigenvalue weighted by atomic mass is 10.1. The number of amidine groups is 1. The zero-order valence-corrected chi connectivity index (χ0v) is 8.94. The van der Waals surface area contributed by atoms with Gasteiger partial charge in [-0.3, -0.25) is 19.6 Å². The lowest BCUT2D eigenvalue weighted by molar-refractivity contribution is -0.119. The molecule has 0 radical (unpaired) electrons. The number of hydrogen-bond donors (Lipinski definition) is 1. The highest BCUT2D eigenvalue weighted by molar-refractivity contribution is 6.08. The van der Waals surface area contributed by atoms with Crippen LogP contribution in [-0.4, -0.2) is 66.4 Å². The van der Waals surface area contributed by atoms with Gasteiger partial charge in [0.25, 0.3) is 0 Å². The summed E-state index contributed by atoms with van der Waals surface area (Å²) in [4.78, 5) is 20.6. The van der Waals surface area contributed by atoms with Crippen LogP contribution in [0.5, 0.6) is 0 Å². The van der Waals surface area contributed by atoms with Gasteiger partial charge in [0, 0.05) is 32.7 Å². The molecule has 0 spiro atoms. The van der Waals surface area contributed by atoms with Gasteiger partial charge in [-0.2, -0.15) is 0 Å². The van der Waals surface area contributed by atoms with Crippen molar-refractivity contribution in [1.82, 2.24) is 15.1 Å². The Morgan fingerprint density at radius 1 is 1.33 bits per heavy atom. The highest BCUT2D eigenvalue weighted by Gasteiger charge is 2.38. The molecule has 15 heavy (non-hydrogen) atoms. The molecule has 2 atom stereocenters. The van der Waals surface area contributed by atoms with Crippen molar-refractivity contribution >= 4 is 11.7 Å². The van der Waals surface area contributed by atoms with Gasteiger partial charge in [0.05, 0.1) is 6.04 Å². The zero-order valence-electron chi connectivity index (χ0n) is 8.94. The number of rotatable bonds is 1. The molecule has 3 fully saturated rings. The minimum Gasteiger partial charge on any atom is -0.311 e. The topological polar surface area (TPSA) is 47.9 Å². The molecule has 0 aromatic heterocycles. The van der Waals surface area contributed by atoms with Gasteiger partial charge < -0.3 is 5.32 Å². The summed E-state index contributed by atoms with van der Waals surface area (Å²) < 4.78 is 0. The van der Waals surface area contributed by atoms with Crippen LogP contribution in [0.4, 0.5) is 0 Å². The summed E-state index contributed by atoms with van der Waals surface area (Å²) in [5.74, 6) is 0.930. The predicted molar refractivity (Wildman–Crippen MR) is 56.8 cm³/mol. The number of nitrogens with zero attached hydrogens (tertiary/aromatic N) is 3. The van der Waals surface area contributed by atoms with Crippen LogP contribution < -0.4 is 5.32 Å². The molecule has 82 valence electrons. The molecule has 0 saturated carbocycles.